The minimum absolute atomic E-state index is 0.0996. The molecule has 1 aliphatic rings. The molecule has 1 fully saturated rings. The average molecular weight is 578 g/mol. The fraction of sp³-hybridized carbons (Fsp3) is 0.517. The van der Waals surface area contributed by atoms with Gasteiger partial charge in [0.1, 0.15) is 11.8 Å². The largest absolute Gasteiger partial charge is 0.495 e. The Morgan fingerprint density at radius 2 is 1.77 bits per heavy atom. The van der Waals surface area contributed by atoms with E-state index in [4.69, 9.17) is 16.3 Å². The van der Waals surface area contributed by atoms with Gasteiger partial charge in [-0.2, -0.15) is 0 Å². The molecule has 10 heteroatoms. The number of ether oxygens (including phenoxy) is 1. The minimum atomic E-state index is -3.62. The second kappa shape index (κ2) is 14.6. The molecule has 2 aromatic carbocycles. The van der Waals surface area contributed by atoms with Gasteiger partial charge in [0.15, 0.2) is 0 Å². The van der Waals surface area contributed by atoms with E-state index < -0.39 is 16.1 Å². The van der Waals surface area contributed by atoms with Crippen LogP contribution < -0.4 is 14.4 Å². The molecule has 0 aromatic heterocycles. The van der Waals surface area contributed by atoms with Crippen molar-refractivity contribution in [1.29, 1.82) is 0 Å². The zero-order valence-electron chi connectivity index (χ0n) is 23.1. The lowest BCUT2D eigenvalue weighted by Crippen LogP contribution is -2.51. The zero-order chi connectivity index (χ0) is 28.4. The Morgan fingerprint density at radius 3 is 2.38 bits per heavy atom. The van der Waals surface area contributed by atoms with Crippen molar-refractivity contribution in [3.63, 3.8) is 0 Å². The van der Waals surface area contributed by atoms with Crippen LogP contribution in [-0.4, -0.2) is 63.7 Å². The molecule has 0 spiro atoms. The van der Waals surface area contributed by atoms with Gasteiger partial charge in [-0.25, -0.2) is 8.42 Å². The number of halogens is 1. The number of nitrogens with zero attached hydrogens (tertiary/aromatic N) is 2. The third kappa shape index (κ3) is 9.14. The normalized spacial score (nSPS) is 14.9. The standard InChI is InChI=1S/C29H40ClN3O5S/c1-22(29(35)31-24-13-8-5-9-14-24)32(20-18-23-11-6-4-7-12-23)28(34)15-10-19-33(39(3,36)37)25-16-17-27(38-2)26(30)21-25/h4,6-7,11-12,16-17,21-22,24H,5,8-10,13-15,18-20H2,1-3H3,(H,31,35)/t22-/m0/s1. The van der Waals surface area contributed by atoms with E-state index in [1.54, 1.807) is 24.0 Å². The Labute approximate surface area is 237 Å². The molecule has 1 atom stereocenters. The summed E-state index contributed by atoms with van der Waals surface area (Å²) in [6.45, 7) is 2.26. The summed E-state index contributed by atoms with van der Waals surface area (Å²) in [4.78, 5) is 28.2. The Kier molecular flexibility index (Phi) is 11.5. The van der Waals surface area contributed by atoms with Gasteiger partial charge in [-0.15, -0.1) is 0 Å². The number of amides is 2. The number of nitrogens with one attached hydrogen (secondary N) is 1. The molecule has 2 aromatic rings. The molecule has 2 amide bonds. The highest BCUT2D eigenvalue weighted by Gasteiger charge is 2.28. The topological polar surface area (TPSA) is 96.0 Å². The number of benzene rings is 2. The summed E-state index contributed by atoms with van der Waals surface area (Å²) in [5, 5.41) is 3.44. The molecule has 0 aliphatic heterocycles. The van der Waals surface area contributed by atoms with Crippen LogP contribution in [0.4, 0.5) is 5.69 Å². The number of hydrogen-bond acceptors (Lipinski definition) is 5. The van der Waals surface area contributed by atoms with Crippen LogP contribution in [0.1, 0.15) is 57.4 Å². The first-order chi connectivity index (χ1) is 18.6. The maximum Gasteiger partial charge on any atom is 0.242 e. The van der Waals surface area contributed by atoms with Gasteiger partial charge in [0, 0.05) is 25.6 Å². The summed E-state index contributed by atoms with van der Waals surface area (Å²) in [5.41, 5.74) is 1.48. The molecule has 1 saturated carbocycles. The lowest BCUT2D eigenvalue weighted by molar-refractivity contribution is -0.140. The molecule has 1 aliphatic carbocycles. The number of anilines is 1. The first kappa shape index (κ1) is 30.8. The molecule has 0 unspecified atom stereocenters. The van der Waals surface area contributed by atoms with Crippen molar-refractivity contribution in [3.05, 3.63) is 59.1 Å². The molecule has 0 radical (unpaired) electrons. The molecule has 0 heterocycles. The number of hydrogen-bond donors (Lipinski definition) is 1. The Balaban J connectivity index is 1.69. The smallest absolute Gasteiger partial charge is 0.242 e. The van der Waals surface area contributed by atoms with Gasteiger partial charge in [-0.1, -0.05) is 61.2 Å². The first-order valence-corrected chi connectivity index (χ1v) is 15.8. The predicted molar refractivity (Wildman–Crippen MR) is 156 cm³/mol. The highest BCUT2D eigenvalue weighted by molar-refractivity contribution is 7.92. The third-order valence-electron chi connectivity index (χ3n) is 7.18. The summed E-state index contributed by atoms with van der Waals surface area (Å²) in [7, 11) is -2.13. The quantitative estimate of drug-likeness (QED) is 0.369. The molecule has 39 heavy (non-hydrogen) atoms. The van der Waals surface area contributed by atoms with E-state index in [1.165, 1.54) is 23.9 Å². The maximum atomic E-state index is 13.4. The van der Waals surface area contributed by atoms with Crippen molar-refractivity contribution >= 4 is 39.1 Å². The van der Waals surface area contributed by atoms with Crippen molar-refractivity contribution in [2.45, 2.75) is 70.4 Å². The lowest BCUT2D eigenvalue weighted by atomic mass is 9.95. The van der Waals surface area contributed by atoms with Gasteiger partial charge in [0.2, 0.25) is 21.8 Å². The highest BCUT2D eigenvalue weighted by atomic mass is 35.5. The zero-order valence-corrected chi connectivity index (χ0v) is 24.6. The molecular weight excluding hydrogens is 538 g/mol. The van der Waals surface area contributed by atoms with E-state index in [9.17, 15) is 18.0 Å². The second-order valence-electron chi connectivity index (χ2n) is 10.1. The SMILES string of the molecule is COc1ccc(N(CCCC(=O)N(CCc2ccccc2)[C@@H](C)C(=O)NC2CCCCC2)S(C)(=O)=O)cc1Cl. The van der Waals surface area contributed by atoms with E-state index in [0.29, 0.717) is 29.4 Å². The molecule has 1 N–H and O–H groups in total. The van der Waals surface area contributed by atoms with Gasteiger partial charge >= 0.3 is 0 Å². The summed E-state index contributed by atoms with van der Waals surface area (Å²) < 4.78 is 31.5. The van der Waals surface area contributed by atoms with Crippen molar-refractivity contribution < 1.29 is 22.7 Å². The van der Waals surface area contributed by atoms with Crippen LogP contribution in [0, 0.1) is 0 Å². The Hall–Kier alpha value is -2.78. The molecule has 0 bridgehead atoms. The van der Waals surface area contributed by atoms with Crippen LogP contribution in [0.2, 0.25) is 5.02 Å². The first-order valence-electron chi connectivity index (χ1n) is 13.5. The minimum Gasteiger partial charge on any atom is -0.495 e. The van der Waals surface area contributed by atoms with Crippen LogP contribution in [0.15, 0.2) is 48.5 Å². The van der Waals surface area contributed by atoms with Crippen LogP contribution in [0.3, 0.4) is 0 Å². The molecule has 0 saturated heterocycles. The van der Waals surface area contributed by atoms with Crippen molar-refractivity contribution in [3.8, 4) is 5.75 Å². The van der Waals surface area contributed by atoms with E-state index in [0.717, 1.165) is 37.5 Å². The monoisotopic (exact) mass is 577 g/mol. The highest BCUT2D eigenvalue weighted by Crippen LogP contribution is 2.30. The van der Waals surface area contributed by atoms with Gasteiger partial charge < -0.3 is 15.0 Å². The number of carbonyl (C=O) groups excluding carboxylic acids is 2. The van der Waals surface area contributed by atoms with Crippen molar-refractivity contribution in [2.75, 3.05) is 30.8 Å². The number of carbonyl (C=O) groups is 2. The number of rotatable bonds is 13. The van der Waals surface area contributed by atoms with Crippen molar-refractivity contribution in [1.82, 2.24) is 10.2 Å². The Morgan fingerprint density at radius 1 is 1.08 bits per heavy atom. The number of sulfonamides is 1. The van der Waals surface area contributed by atoms with Crippen LogP contribution >= 0.6 is 11.6 Å². The van der Waals surface area contributed by atoms with Gasteiger partial charge in [-0.05, 0) is 56.4 Å². The summed E-state index contributed by atoms with van der Waals surface area (Å²) in [6, 6.07) is 14.1. The van der Waals surface area contributed by atoms with Gasteiger partial charge in [0.05, 0.1) is 24.1 Å². The number of methoxy groups -OCH3 is 1. The van der Waals surface area contributed by atoms with Crippen LogP contribution in [-0.2, 0) is 26.0 Å². The van der Waals surface area contributed by atoms with Gasteiger partial charge in [0.25, 0.3) is 0 Å². The molecule has 3 rings (SSSR count). The lowest BCUT2D eigenvalue weighted by Gasteiger charge is -2.31. The summed E-state index contributed by atoms with van der Waals surface area (Å²) >= 11 is 6.22. The molecule has 8 nitrogen and oxygen atoms in total. The van der Waals surface area contributed by atoms with E-state index in [2.05, 4.69) is 5.32 Å². The van der Waals surface area contributed by atoms with Crippen LogP contribution in [0.5, 0.6) is 5.75 Å². The maximum absolute atomic E-state index is 13.4. The van der Waals surface area contributed by atoms with Crippen molar-refractivity contribution in [2.24, 2.45) is 0 Å². The van der Waals surface area contributed by atoms with E-state index in [-0.39, 0.29) is 37.2 Å². The van der Waals surface area contributed by atoms with Gasteiger partial charge in [-0.3, -0.25) is 13.9 Å². The molecular formula is C29H40ClN3O5S. The fourth-order valence-electron chi connectivity index (χ4n) is 4.95. The second-order valence-corrected chi connectivity index (χ2v) is 12.4. The van der Waals surface area contributed by atoms with E-state index >= 15 is 0 Å². The Bertz CT molecular complexity index is 1200. The van der Waals surface area contributed by atoms with E-state index in [1.807, 2.05) is 30.3 Å². The summed E-state index contributed by atoms with van der Waals surface area (Å²) in [6.07, 6.45) is 7.46. The molecule has 214 valence electrons. The summed E-state index contributed by atoms with van der Waals surface area (Å²) in [5.74, 6) is 0.117. The average Bonchev–Trinajstić information content (AvgIpc) is 2.91. The predicted octanol–water partition coefficient (Wildman–Crippen LogP) is 4.80. The van der Waals surface area contributed by atoms with Crippen LogP contribution in [0.25, 0.3) is 0 Å². The fourth-order valence-corrected chi connectivity index (χ4v) is 6.16. The third-order valence-corrected chi connectivity index (χ3v) is 8.67.